The van der Waals surface area contributed by atoms with Gasteiger partial charge in [-0.25, -0.2) is 4.79 Å². The van der Waals surface area contributed by atoms with Crippen LogP contribution in [0, 0.1) is 0 Å². The largest absolute Gasteiger partial charge is 0.480 e. The first-order valence-electron chi connectivity index (χ1n) is 7.68. The van der Waals surface area contributed by atoms with Crippen LogP contribution in [-0.4, -0.2) is 63.9 Å². The number of amides is 2. The molecule has 1 rings (SSSR count). The van der Waals surface area contributed by atoms with Gasteiger partial charge >= 0.3 is 5.97 Å². The molecule has 0 saturated heterocycles. The molecule has 2 amide bonds. The molecule has 0 fully saturated rings. The summed E-state index contributed by atoms with van der Waals surface area (Å²) in [6, 6.07) is 5.12. The van der Waals surface area contributed by atoms with Crippen LogP contribution in [-0.2, 0) is 20.8 Å². The van der Waals surface area contributed by atoms with Gasteiger partial charge < -0.3 is 31.7 Å². The van der Waals surface area contributed by atoms with E-state index in [2.05, 4.69) is 5.32 Å². The summed E-state index contributed by atoms with van der Waals surface area (Å²) in [6.45, 7) is 0.442. The first-order chi connectivity index (χ1) is 11.8. The number of nitrogens with one attached hydrogen (secondary N) is 2. The lowest BCUT2D eigenvalue weighted by molar-refractivity contribution is -0.144. The molecule has 0 heterocycles. The Morgan fingerprint density at radius 3 is 2.20 bits per heavy atom. The summed E-state index contributed by atoms with van der Waals surface area (Å²) in [5.41, 5.74) is 6.64. The second kappa shape index (κ2) is 9.72. The quantitative estimate of drug-likeness (QED) is 0.299. The van der Waals surface area contributed by atoms with Gasteiger partial charge in [-0.2, -0.15) is 0 Å². The fourth-order valence-electron chi connectivity index (χ4n) is 2.07. The van der Waals surface area contributed by atoms with Gasteiger partial charge in [0.2, 0.25) is 11.8 Å². The number of rotatable bonds is 9. The van der Waals surface area contributed by atoms with Crippen LogP contribution in [0.15, 0.2) is 30.3 Å². The molecule has 0 radical (unpaired) electrons. The van der Waals surface area contributed by atoms with Gasteiger partial charge in [0.05, 0.1) is 18.8 Å². The minimum Gasteiger partial charge on any atom is -0.480 e. The molecule has 0 aliphatic heterocycles. The molecular weight excluding hydrogens is 330 g/mol. The average Bonchev–Trinajstić information content (AvgIpc) is 2.57. The Morgan fingerprint density at radius 1 is 1.12 bits per heavy atom. The van der Waals surface area contributed by atoms with E-state index in [1.54, 1.807) is 24.3 Å². The molecule has 25 heavy (non-hydrogen) atoms. The summed E-state index contributed by atoms with van der Waals surface area (Å²) < 4.78 is 0. The predicted molar refractivity (Wildman–Crippen MR) is 88.4 cm³/mol. The van der Waals surface area contributed by atoms with E-state index in [1.807, 2.05) is 11.4 Å². The number of aliphatic hydroxyl groups is 2. The Labute approximate surface area is 144 Å². The predicted octanol–water partition coefficient (Wildman–Crippen LogP) is -2.02. The van der Waals surface area contributed by atoms with Crippen LogP contribution in [0.3, 0.4) is 0 Å². The number of aliphatic carboxylic acids is 1. The second-order valence-corrected chi connectivity index (χ2v) is 5.61. The number of carboxylic acids is 1. The third kappa shape index (κ3) is 6.49. The monoisotopic (exact) mass is 353 g/mol. The maximum atomic E-state index is 12.2. The Hall–Kier alpha value is -2.49. The van der Waals surface area contributed by atoms with Crippen LogP contribution >= 0.6 is 0 Å². The highest BCUT2D eigenvalue weighted by Crippen LogP contribution is 2.03. The Balaban J connectivity index is 2.71. The summed E-state index contributed by atoms with van der Waals surface area (Å²) >= 11 is 0. The van der Waals surface area contributed by atoms with E-state index in [1.165, 1.54) is 6.92 Å². The minimum atomic E-state index is -1.54. The zero-order valence-corrected chi connectivity index (χ0v) is 13.8. The van der Waals surface area contributed by atoms with Gasteiger partial charge in [0, 0.05) is 0 Å². The Bertz CT molecular complexity index is 593. The summed E-state index contributed by atoms with van der Waals surface area (Å²) in [6.07, 6.45) is -1.06. The number of carboxylic acid groups (broad SMARTS) is 1. The van der Waals surface area contributed by atoms with Gasteiger partial charge in [-0.05, 0) is 18.9 Å². The number of benzene rings is 1. The van der Waals surface area contributed by atoms with Gasteiger partial charge in [-0.3, -0.25) is 9.59 Å². The van der Waals surface area contributed by atoms with E-state index < -0.39 is 48.6 Å². The molecule has 0 unspecified atom stereocenters. The van der Waals surface area contributed by atoms with E-state index in [4.69, 9.17) is 15.9 Å². The van der Waals surface area contributed by atoms with E-state index in [0.717, 1.165) is 5.56 Å². The van der Waals surface area contributed by atoms with Crippen molar-refractivity contribution in [1.82, 2.24) is 10.6 Å². The molecule has 1 aromatic carbocycles. The van der Waals surface area contributed by atoms with Crippen molar-refractivity contribution in [3.05, 3.63) is 35.9 Å². The first-order valence-corrected chi connectivity index (χ1v) is 7.68. The third-order valence-corrected chi connectivity index (χ3v) is 3.50. The zero-order chi connectivity index (χ0) is 19.0. The summed E-state index contributed by atoms with van der Waals surface area (Å²) in [5.74, 6) is -3.04. The SMILES string of the molecule is C[C@@H](O)[C@H](NC(=O)[C@@H](N)Cc1ccccc1)C(=O)N[C@@H](CO)C(=O)O. The maximum absolute atomic E-state index is 12.2. The number of hydrogen-bond donors (Lipinski definition) is 6. The van der Waals surface area contributed by atoms with Gasteiger partial charge in [0.1, 0.15) is 12.1 Å². The Kier molecular flexibility index (Phi) is 7.99. The van der Waals surface area contributed by atoms with E-state index in [0.29, 0.717) is 0 Å². The van der Waals surface area contributed by atoms with Crippen LogP contribution in [0.2, 0.25) is 0 Å². The van der Waals surface area contributed by atoms with Crippen molar-refractivity contribution in [1.29, 1.82) is 0 Å². The molecule has 9 nitrogen and oxygen atoms in total. The highest BCUT2D eigenvalue weighted by atomic mass is 16.4. The fraction of sp³-hybridized carbons (Fsp3) is 0.438. The standard InChI is InChI=1S/C16H23N3O6/c1-9(21)13(15(23)18-12(8-20)16(24)25)19-14(22)11(17)7-10-5-3-2-4-6-10/h2-6,9,11-13,20-21H,7-8,17H2,1H3,(H,18,23)(H,19,22)(H,24,25)/t9-,11+,12+,13+/m1/s1. The lowest BCUT2D eigenvalue weighted by Gasteiger charge is -2.24. The summed E-state index contributed by atoms with van der Waals surface area (Å²) in [4.78, 5) is 35.1. The lowest BCUT2D eigenvalue weighted by Crippen LogP contribution is -2.58. The van der Waals surface area contributed by atoms with Crippen LogP contribution in [0.5, 0.6) is 0 Å². The number of nitrogens with two attached hydrogens (primary N) is 1. The van der Waals surface area contributed by atoms with Crippen molar-refractivity contribution in [2.45, 2.75) is 37.6 Å². The summed E-state index contributed by atoms with van der Waals surface area (Å²) in [5, 5.41) is 31.8. The van der Waals surface area contributed by atoms with Gasteiger partial charge in [0.25, 0.3) is 0 Å². The topological polar surface area (TPSA) is 162 Å². The molecule has 7 N–H and O–H groups in total. The molecule has 9 heteroatoms. The molecular formula is C16H23N3O6. The molecule has 138 valence electrons. The average molecular weight is 353 g/mol. The smallest absolute Gasteiger partial charge is 0.328 e. The number of hydrogen-bond acceptors (Lipinski definition) is 6. The van der Waals surface area contributed by atoms with Gasteiger partial charge in [0.15, 0.2) is 0 Å². The molecule has 0 aliphatic rings. The van der Waals surface area contributed by atoms with E-state index >= 15 is 0 Å². The molecule has 0 spiro atoms. The van der Waals surface area contributed by atoms with Gasteiger partial charge in [-0.15, -0.1) is 0 Å². The zero-order valence-electron chi connectivity index (χ0n) is 13.8. The highest BCUT2D eigenvalue weighted by molar-refractivity contribution is 5.92. The Morgan fingerprint density at radius 2 is 1.72 bits per heavy atom. The van der Waals surface area contributed by atoms with Crippen LogP contribution in [0.1, 0.15) is 12.5 Å². The normalized spacial score (nSPS) is 15.5. The fourth-order valence-corrected chi connectivity index (χ4v) is 2.07. The molecule has 0 aromatic heterocycles. The van der Waals surface area contributed by atoms with Crippen molar-refractivity contribution in [2.75, 3.05) is 6.61 Å². The lowest BCUT2D eigenvalue weighted by atomic mass is 10.0. The van der Waals surface area contributed by atoms with E-state index in [-0.39, 0.29) is 6.42 Å². The van der Waals surface area contributed by atoms with Crippen molar-refractivity contribution >= 4 is 17.8 Å². The molecule has 0 bridgehead atoms. The van der Waals surface area contributed by atoms with Crippen molar-refractivity contribution < 1.29 is 29.7 Å². The van der Waals surface area contributed by atoms with Crippen molar-refractivity contribution in [3.8, 4) is 0 Å². The van der Waals surface area contributed by atoms with Crippen LogP contribution < -0.4 is 16.4 Å². The number of carbonyl (C=O) groups excluding carboxylic acids is 2. The molecule has 0 aliphatic carbocycles. The maximum Gasteiger partial charge on any atom is 0.328 e. The van der Waals surface area contributed by atoms with Crippen molar-refractivity contribution in [2.24, 2.45) is 5.73 Å². The third-order valence-electron chi connectivity index (χ3n) is 3.50. The molecule has 1 aromatic rings. The highest BCUT2D eigenvalue weighted by Gasteiger charge is 2.30. The summed E-state index contributed by atoms with van der Waals surface area (Å²) in [7, 11) is 0. The number of carbonyl (C=O) groups is 3. The van der Waals surface area contributed by atoms with Gasteiger partial charge in [-0.1, -0.05) is 30.3 Å². The minimum absolute atomic E-state index is 0.231. The van der Waals surface area contributed by atoms with Crippen molar-refractivity contribution in [3.63, 3.8) is 0 Å². The van der Waals surface area contributed by atoms with E-state index in [9.17, 15) is 19.5 Å². The van der Waals surface area contributed by atoms with Crippen LogP contribution in [0.4, 0.5) is 0 Å². The second-order valence-electron chi connectivity index (χ2n) is 5.61. The molecule has 4 atom stereocenters. The van der Waals surface area contributed by atoms with Crippen LogP contribution in [0.25, 0.3) is 0 Å². The molecule has 0 saturated carbocycles. The number of aliphatic hydroxyl groups excluding tert-OH is 2. The first kappa shape index (κ1) is 20.6.